The van der Waals surface area contributed by atoms with Gasteiger partial charge in [-0.25, -0.2) is 9.59 Å². The van der Waals surface area contributed by atoms with E-state index in [9.17, 15) is 24.5 Å². The van der Waals surface area contributed by atoms with Gasteiger partial charge >= 0.3 is 11.9 Å². The number of rotatable bonds is 7. The van der Waals surface area contributed by atoms with E-state index in [4.69, 9.17) is 4.74 Å². The van der Waals surface area contributed by atoms with Gasteiger partial charge in [0.05, 0.1) is 17.6 Å². The Bertz CT molecular complexity index is 930. The van der Waals surface area contributed by atoms with Crippen LogP contribution < -0.4 is 5.32 Å². The molecule has 0 bridgehead atoms. The van der Waals surface area contributed by atoms with Gasteiger partial charge in [0.25, 0.3) is 11.6 Å². The lowest BCUT2D eigenvalue weighted by molar-refractivity contribution is -0.385. The summed E-state index contributed by atoms with van der Waals surface area (Å²) in [5.74, 6) is -2.22. The fourth-order valence-corrected chi connectivity index (χ4v) is 2.65. The Kier molecular flexibility index (Phi) is 7.10. The molecule has 146 valence electrons. The minimum atomic E-state index is -0.985. The number of ether oxygens (including phenoxy) is 2. The maximum atomic E-state index is 12.2. The fourth-order valence-electron chi connectivity index (χ4n) is 2.21. The predicted molar refractivity (Wildman–Crippen MR) is 102 cm³/mol. The molecule has 0 aliphatic rings. The van der Waals surface area contributed by atoms with Crippen molar-refractivity contribution < 1.29 is 28.8 Å². The number of methoxy groups -OCH3 is 1. The first-order valence-corrected chi connectivity index (χ1v) is 9.06. The molecule has 0 spiro atoms. The molecule has 0 fully saturated rings. The zero-order chi connectivity index (χ0) is 20.7. The molecule has 0 aromatic heterocycles. The van der Waals surface area contributed by atoms with Crippen LogP contribution in [-0.4, -0.2) is 42.7 Å². The maximum absolute atomic E-state index is 12.2. The summed E-state index contributed by atoms with van der Waals surface area (Å²) in [5.41, 5.74) is -0.104. The van der Waals surface area contributed by atoms with E-state index < -0.39 is 35.1 Å². The summed E-state index contributed by atoms with van der Waals surface area (Å²) in [4.78, 5) is 46.7. The number of nitrogens with one attached hydrogen (secondary N) is 1. The third kappa shape index (κ3) is 5.30. The highest BCUT2D eigenvalue weighted by atomic mass is 32.2. The molecule has 1 amide bonds. The Morgan fingerprint density at radius 1 is 1.14 bits per heavy atom. The molecule has 9 nitrogen and oxygen atoms in total. The molecule has 0 saturated heterocycles. The molecular formula is C18H16N2O7S. The molecule has 10 heteroatoms. The Morgan fingerprint density at radius 2 is 1.89 bits per heavy atom. The second-order valence-corrected chi connectivity index (χ2v) is 6.22. The van der Waals surface area contributed by atoms with Crippen LogP contribution in [0.25, 0.3) is 0 Å². The first kappa shape index (κ1) is 20.9. The molecule has 0 radical (unpaired) electrons. The van der Waals surface area contributed by atoms with Gasteiger partial charge in [-0.05, 0) is 36.6 Å². The number of carbonyl (C=O) groups is 3. The van der Waals surface area contributed by atoms with Crippen molar-refractivity contribution in [3.05, 3.63) is 63.7 Å². The number of thioether (sulfide) groups is 1. The van der Waals surface area contributed by atoms with Crippen LogP contribution in [0.2, 0.25) is 0 Å². The van der Waals surface area contributed by atoms with Crippen molar-refractivity contribution >= 4 is 41.0 Å². The number of hydrogen-bond acceptors (Lipinski definition) is 8. The summed E-state index contributed by atoms with van der Waals surface area (Å²) < 4.78 is 9.49. The summed E-state index contributed by atoms with van der Waals surface area (Å²) in [6.07, 6.45) is 1.76. The van der Waals surface area contributed by atoms with Crippen LogP contribution in [0.3, 0.4) is 0 Å². The van der Waals surface area contributed by atoms with E-state index in [1.54, 1.807) is 18.4 Å². The van der Waals surface area contributed by atoms with Crippen LogP contribution >= 0.6 is 11.8 Å². The second kappa shape index (κ2) is 9.51. The van der Waals surface area contributed by atoms with E-state index in [0.717, 1.165) is 0 Å². The van der Waals surface area contributed by atoms with Crippen LogP contribution in [-0.2, 0) is 14.3 Å². The Labute approximate surface area is 164 Å². The minimum absolute atomic E-state index is 0.238. The number of nitro benzene ring substituents is 1. The predicted octanol–water partition coefficient (Wildman–Crippen LogP) is 2.90. The van der Waals surface area contributed by atoms with E-state index in [-0.39, 0.29) is 11.1 Å². The lowest BCUT2D eigenvalue weighted by Crippen LogP contribution is -2.21. The molecule has 0 aliphatic carbocycles. The van der Waals surface area contributed by atoms with Crippen molar-refractivity contribution in [3.8, 4) is 0 Å². The van der Waals surface area contributed by atoms with Gasteiger partial charge in [0.2, 0.25) is 0 Å². The van der Waals surface area contributed by atoms with Crippen molar-refractivity contribution in [2.75, 3.05) is 25.3 Å². The van der Waals surface area contributed by atoms with E-state index in [0.29, 0.717) is 10.6 Å². The van der Waals surface area contributed by atoms with E-state index >= 15 is 0 Å². The van der Waals surface area contributed by atoms with E-state index in [1.807, 2.05) is 0 Å². The Morgan fingerprint density at radius 3 is 2.54 bits per heavy atom. The van der Waals surface area contributed by atoms with Crippen LogP contribution in [0.4, 0.5) is 11.4 Å². The highest BCUT2D eigenvalue weighted by molar-refractivity contribution is 7.98. The summed E-state index contributed by atoms with van der Waals surface area (Å²) in [6, 6.07) is 10.1. The third-order valence-corrected chi connectivity index (χ3v) is 4.25. The zero-order valence-electron chi connectivity index (χ0n) is 15.0. The van der Waals surface area contributed by atoms with Gasteiger partial charge in [-0.3, -0.25) is 14.9 Å². The zero-order valence-corrected chi connectivity index (χ0v) is 15.8. The quantitative estimate of drug-likeness (QED) is 0.323. The van der Waals surface area contributed by atoms with Gasteiger partial charge in [0, 0.05) is 16.6 Å². The molecular weight excluding hydrogens is 388 g/mol. The van der Waals surface area contributed by atoms with Crippen LogP contribution in [0.5, 0.6) is 0 Å². The van der Waals surface area contributed by atoms with Gasteiger partial charge in [-0.2, -0.15) is 0 Å². The molecule has 0 saturated carbocycles. The van der Waals surface area contributed by atoms with Crippen LogP contribution in [0.1, 0.15) is 20.7 Å². The summed E-state index contributed by atoms with van der Waals surface area (Å²) in [7, 11) is 1.23. The van der Waals surface area contributed by atoms with E-state index in [2.05, 4.69) is 10.1 Å². The van der Waals surface area contributed by atoms with Crippen molar-refractivity contribution in [3.63, 3.8) is 0 Å². The van der Waals surface area contributed by atoms with Crippen LogP contribution in [0, 0.1) is 10.1 Å². The number of nitrogens with zero attached hydrogens (tertiary/aromatic N) is 1. The normalized spacial score (nSPS) is 10.1. The molecule has 28 heavy (non-hydrogen) atoms. The number of amides is 1. The first-order chi connectivity index (χ1) is 13.3. The smallest absolute Gasteiger partial charge is 0.345 e. The summed E-state index contributed by atoms with van der Waals surface area (Å²) >= 11 is 1.30. The standard InChI is InChI=1S/C18H16N2O7S/c1-26-17(22)11-4-3-5-12(8-11)19-16(21)10-27-18(23)14-9-13(28-2)6-7-15(14)20(24)25/h3-9H,10H2,1-2H3,(H,19,21). The fraction of sp³-hybridized carbons (Fsp3) is 0.167. The van der Waals surface area contributed by atoms with Crippen molar-refractivity contribution in [2.24, 2.45) is 0 Å². The van der Waals surface area contributed by atoms with E-state index in [1.165, 1.54) is 49.2 Å². The molecule has 1 N–H and O–H groups in total. The monoisotopic (exact) mass is 404 g/mol. The Balaban J connectivity index is 2.04. The SMILES string of the molecule is COC(=O)c1cccc(NC(=O)COC(=O)c2cc(SC)ccc2[N+](=O)[O-])c1. The van der Waals surface area contributed by atoms with Gasteiger partial charge in [0.1, 0.15) is 5.56 Å². The first-order valence-electron chi connectivity index (χ1n) is 7.83. The van der Waals surface area contributed by atoms with Gasteiger partial charge in [-0.1, -0.05) is 6.07 Å². The molecule has 0 heterocycles. The summed E-state index contributed by atoms with van der Waals surface area (Å²) in [6.45, 7) is -0.651. The van der Waals surface area contributed by atoms with Gasteiger partial charge in [-0.15, -0.1) is 11.8 Å². The third-order valence-electron chi connectivity index (χ3n) is 3.52. The van der Waals surface area contributed by atoms with Crippen molar-refractivity contribution in [1.82, 2.24) is 0 Å². The van der Waals surface area contributed by atoms with Gasteiger partial charge in [0.15, 0.2) is 6.61 Å². The number of hydrogen-bond donors (Lipinski definition) is 1. The molecule has 2 aromatic carbocycles. The largest absolute Gasteiger partial charge is 0.465 e. The maximum Gasteiger partial charge on any atom is 0.345 e. The Hall–Kier alpha value is -3.40. The molecule has 0 unspecified atom stereocenters. The van der Waals surface area contributed by atoms with Gasteiger partial charge < -0.3 is 14.8 Å². The highest BCUT2D eigenvalue weighted by Gasteiger charge is 2.22. The average molecular weight is 404 g/mol. The highest BCUT2D eigenvalue weighted by Crippen LogP contribution is 2.25. The number of esters is 2. The topological polar surface area (TPSA) is 125 Å². The minimum Gasteiger partial charge on any atom is -0.465 e. The average Bonchev–Trinajstić information content (AvgIpc) is 2.70. The molecule has 2 rings (SSSR count). The number of carbonyl (C=O) groups excluding carboxylic acids is 3. The number of nitro groups is 1. The van der Waals surface area contributed by atoms with Crippen molar-refractivity contribution in [1.29, 1.82) is 0 Å². The molecule has 2 aromatic rings. The van der Waals surface area contributed by atoms with Crippen LogP contribution in [0.15, 0.2) is 47.4 Å². The number of anilines is 1. The lowest BCUT2D eigenvalue weighted by Gasteiger charge is -2.08. The summed E-state index contributed by atoms with van der Waals surface area (Å²) in [5, 5.41) is 13.6. The molecule has 0 atom stereocenters. The molecule has 0 aliphatic heterocycles. The van der Waals surface area contributed by atoms with Crippen molar-refractivity contribution in [2.45, 2.75) is 4.90 Å². The number of benzene rings is 2. The second-order valence-electron chi connectivity index (χ2n) is 5.34. The lowest BCUT2D eigenvalue weighted by atomic mass is 10.2.